The van der Waals surface area contributed by atoms with Crippen molar-refractivity contribution < 1.29 is 5.11 Å². The number of pyridine rings is 1. The first kappa shape index (κ1) is 16.8. The number of piperidine rings is 1. The maximum absolute atomic E-state index is 11.9. The van der Waals surface area contributed by atoms with Crippen LogP contribution in [0.2, 0.25) is 0 Å². The summed E-state index contributed by atoms with van der Waals surface area (Å²) in [6, 6.07) is 9.95. The van der Waals surface area contributed by atoms with Crippen molar-refractivity contribution in [3.8, 4) is 5.75 Å². The number of hydrogen-bond acceptors (Lipinski definition) is 3. The zero-order valence-electron chi connectivity index (χ0n) is 14.5. The molecule has 4 heteroatoms. The van der Waals surface area contributed by atoms with Crippen molar-refractivity contribution >= 4 is 0 Å². The second-order valence-electron chi connectivity index (χ2n) is 7.11. The van der Waals surface area contributed by atoms with Gasteiger partial charge in [-0.15, -0.1) is 0 Å². The molecule has 1 aliphatic rings. The second kappa shape index (κ2) is 7.22. The molecule has 128 valence electrons. The van der Waals surface area contributed by atoms with Gasteiger partial charge in [-0.2, -0.15) is 0 Å². The molecule has 1 N–H and O–H groups in total. The van der Waals surface area contributed by atoms with Gasteiger partial charge in [0, 0.05) is 31.4 Å². The molecule has 1 unspecified atom stereocenters. The average Bonchev–Trinajstić information content (AvgIpc) is 2.54. The van der Waals surface area contributed by atoms with Crippen molar-refractivity contribution in [1.82, 2.24) is 9.47 Å². The molecule has 1 fully saturated rings. The SMILES string of the molecule is Cc1ccc(Cn2cc(O)c(=O)cc2CN2CCCC(C)C2)cc1. The first-order valence-electron chi connectivity index (χ1n) is 8.71. The lowest BCUT2D eigenvalue weighted by Crippen LogP contribution is -2.35. The van der Waals surface area contributed by atoms with Gasteiger partial charge in [0.15, 0.2) is 5.75 Å². The Hall–Kier alpha value is -2.07. The van der Waals surface area contributed by atoms with Crippen molar-refractivity contribution in [2.45, 2.75) is 39.8 Å². The van der Waals surface area contributed by atoms with Crippen molar-refractivity contribution in [3.05, 3.63) is 63.6 Å². The summed E-state index contributed by atoms with van der Waals surface area (Å²) in [7, 11) is 0. The highest BCUT2D eigenvalue weighted by molar-refractivity contribution is 5.25. The van der Waals surface area contributed by atoms with Crippen LogP contribution in [0.15, 0.2) is 41.3 Å². The standard InChI is InChI=1S/C20H26N2O2/c1-15-5-7-17(8-6-15)12-22-14-20(24)19(23)10-18(22)13-21-9-3-4-16(2)11-21/h5-8,10,14,16,24H,3-4,9,11-13H2,1-2H3. The number of nitrogens with zero attached hydrogens (tertiary/aromatic N) is 2. The highest BCUT2D eigenvalue weighted by atomic mass is 16.3. The Bertz CT molecular complexity index is 749. The van der Waals surface area contributed by atoms with Gasteiger partial charge in [-0.3, -0.25) is 9.69 Å². The van der Waals surface area contributed by atoms with Gasteiger partial charge in [0.05, 0.1) is 6.20 Å². The van der Waals surface area contributed by atoms with E-state index in [1.165, 1.54) is 18.4 Å². The number of benzene rings is 1. The summed E-state index contributed by atoms with van der Waals surface area (Å²) in [6.45, 7) is 7.91. The maximum atomic E-state index is 11.9. The molecule has 24 heavy (non-hydrogen) atoms. The Labute approximate surface area is 143 Å². The van der Waals surface area contributed by atoms with E-state index in [2.05, 4.69) is 43.0 Å². The third kappa shape index (κ3) is 4.06. The van der Waals surface area contributed by atoms with E-state index in [4.69, 9.17) is 0 Å². The lowest BCUT2D eigenvalue weighted by molar-refractivity contribution is 0.172. The quantitative estimate of drug-likeness (QED) is 0.939. The first-order valence-corrected chi connectivity index (χ1v) is 8.71. The molecule has 0 radical (unpaired) electrons. The predicted molar refractivity (Wildman–Crippen MR) is 96.3 cm³/mol. The molecular weight excluding hydrogens is 300 g/mol. The van der Waals surface area contributed by atoms with Crippen LogP contribution in [0.4, 0.5) is 0 Å². The van der Waals surface area contributed by atoms with Crippen molar-refractivity contribution in [1.29, 1.82) is 0 Å². The molecule has 4 nitrogen and oxygen atoms in total. The van der Waals surface area contributed by atoms with Crippen LogP contribution in [-0.2, 0) is 13.1 Å². The fourth-order valence-electron chi connectivity index (χ4n) is 3.44. The number of aryl methyl sites for hydroxylation is 1. The zero-order chi connectivity index (χ0) is 17.1. The minimum absolute atomic E-state index is 0.183. The Morgan fingerprint density at radius 3 is 2.67 bits per heavy atom. The molecule has 2 heterocycles. The smallest absolute Gasteiger partial charge is 0.223 e. The number of likely N-dealkylation sites (tertiary alicyclic amines) is 1. The molecule has 0 amide bonds. The minimum Gasteiger partial charge on any atom is -0.503 e. The zero-order valence-corrected chi connectivity index (χ0v) is 14.5. The van der Waals surface area contributed by atoms with Crippen LogP contribution in [-0.4, -0.2) is 27.7 Å². The summed E-state index contributed by atoms with van der Waals surface area (Å²) >= 11 is 0. The van der Waals surface area contributed by atoms with Gasteiger partial charge in [0.25, 0.3) is 0 Å². The molecule has 1 atom stereocenters. The molecule has 0 aliphatic carbocycles. The molecule has 1 aromatic heterocycles. The number of rotatable bonds is 4. The molecule has 0 spiro atoms. The van der Waals surface area contributed by atoms with Crippen LogP contribution in [0.5, 0.6) is 5.75 Å². The third-order valence-corrected chi connectivity index (χ3v) is 4.80. The normalized spacial score (nSPS) is 18.7. The fourth-order valence-corrected chi connectivity index (χ4v) is 3.44. The lowest BCUT2D eigenvalue weighted by Gasteiger charge is -2.31. The van der Waals surface area contributed by atoms with Crippen LogP contribution in [0, 0.1) is 12.8 Å². The molecule has 1 saturated heterocycles. The first-order chi connectivity index (χ1) is 11.5. The summed E-state index contributed by atoms with van der Waals surface area (Å²) in [6.07, 6.45) is 4.06. The van der Waals surface area contributed by atoms with E-state index in [0.29, 0.717) is 12.5 Å². The van der Waals surface area contributed by atoms with Gasteiger partial charge >= 0.3 is 0 Å². The Morgan fingerprint density at radius 2 is 1.96 bits per heavy atom. The molecular formula is C20H26N2O2. The summed E-state index contributed by atoms with van der Waals surface area (Å²) in [5.74, 6) is 0.519. The second-order valence-corrected chi connectivity index (χ2v) is 7.11. The van der Waals surface area contributed by atoms with E-state index in [-0.39, 0.29) is 11.2 Å². The predicted octanol–water partition coefficient (Wildman–Crippen LogP) is 3.14. The van der Waals surface area contributed by atoms with E-state index >= 15 is 0 Å². The lowest BCUT2D eigenvalue weighted by atomic mass is 10.0. The van der Waals surface area contributed by atoms with E-state index in [1.54, 1.807) is 12.3 Å². The molecule has 2 aromatic rings. The van der Waals surface area contributed by atoms with E-state index in [9.17, 15) is 9.90 Å². The van der Waals surface area contributed by atoms with Crippen LogP contribution >= 0.6 is 0 Å². The molecule has 0 bridgehead atoms. The monoisotopic (exact) mass is 326 g/mol. The summed E-state index contributed by atoms with van der Waals surface area (Å²) < 4.78 is 2.00. The van der Waals surface area contributed by atoms with Gasteiger partial charge in [0.1, 0.15) is 0 Å². The maximum Gasteiger partial charge on any atom is 0.223 e. The Kier molecular flexibility index (Phi) is 5.05. The van der Waals surface area contributed by atoms with Crippen molar-refractivity contribution in [3.63, 3.8) is 0 Å². The van der Waals surface area contributed by atoms with Gasteiger partial charge < -0.3 is 9.67 Å². The average molecular weight is 326 g/mol. The van der Waals surface area contributed by atoms with Crippen LogP contribution < -0.4 is 5.43 Å². The largest absolute Gasteiger partial charge is 0.503 e. The van der Waals surface area contributed by atoms with Crippen molar-refractivity contribution in [2.24, 2.45) is 5.92 Å². The van der Waals surface area contributed by atoms with Crippen molar-refractivity contribution in [2.75, 3.05) is 13.1 Å². The van der Waals surface area contributed by atoms with E-state index in [1.807, 2.05) is 4.57 Å². The summed E-state index contributed by atoms with van der Waals surface area (Å²) in [5.41, 5.74) is 3.06. The summed E-state index contributed by atoms with van der Waals surface area (Å²) in [4.78, 5) is 14.3. The topological polar surface area (TPSA) is 45.5 Å². The fraction of sp³-hybridized carbons (Fsp3) is 0.450. The Morgan fingerprint density at radius 1 is 1.21 bits per heavy atom. The van der Waals surface area contributed by atoms with E-state index < -0.39 is 0 Å². The third-order valence-electron chi connectivity index (χ3n) is 4.80. The highest BCUT2D eigenvalue weighted by Gasteiger charge is 2.18. The van der Waals surface area contributed by atoms with Gasteiger partial charge in [-0.05, 0) is 37.8 Å². The number of aromatic nitrogens is 1. The molecule has 0 saturated carbocycles. The van der Waals surface area contributed by atoms with Gasteiger partial charge in [-0.25, -0.2) is 0 Å². The van der Waals surface area contributed by atoms with Crippen LogP contribution in [0.1, 0.15) is 36.6 Å². The Balaban J connectivity index is 1.85. The molecule has 1 aromatic carbocycles. The van der Waals surface area contributed by atoms with E-state index in [0.717, 1.165) is 30.9 Å². The number of hydrogen-bond donors (Lipinski definition) is 1. The van der Waals surface area contributed by atoms with Crippen LogP contribution in [0.3, 0.4) is 0 Å². The molecule has 1 aliphatic heterocycles. The number of aromatic hydroxyl groups is 1. The minimum atomic E-state index is -0.296. The van der Waals surface area contributed by atoms with Gasteiger partial charge in [0.2, 0.25) is 5.43 Å². The summed E-state index contributed by atoms with van der Waals surface area (Å²) in [5, 5.41) is 9.85. The molecule has 3 rings (SSSR count). The van der Waals surface area contributed by atoms with Crippen LogP contribution in [0.25, 0.3) is 0 Å². The van der Waals surface area contributed by atoms with Gasteiger partial charge in [-0.1, -0.05) is 36.8 Å². The highest BCUT2D eigenvalue weighted by Crippen LogP contribution is 2.19.